The van der Waals surface area contributed by atoms with Crippen molar-refractivity contribution >= 4 is 11.9 Å². The number of hydrogen-bond donors (Lipinski definition) is 2. The van der Waals surface area contributed by atoms with Crippen molar-refractivity contribution in [1.29, 1.82) is 0 Å². The Hall–Kier alpha value is -2.02. The predicted octanol–water partition coefficient (Wildman–Crippen LogP) is 1.32. The molecular formula is C16H17F2N3O2. The Morgan fingerprint density at radius 2 is 1.96 bits per heavy atom. The summed E-state index contributed by atoms with van der Waals surface area (Å²) in [5.41, 5.74) is -0.285. The number of alkyl halides is 2. The summed E-state index contributed by atoms with van der Waals surface area (Å²) >= 11 is 0. The van der Waals surface area contributed by atoms with Crippen LogP contribution in [-0.4, -0.2) is 47.9 Å². The third kappa shape index (κ3) is 2.22. The Morgan fingerprint density at radius 1 is 1.22 bits per heavy atom. The van der Waals surface area contributed by atoms with E-state index < -0.39 is 29.3 Å². The van der Waals surface area contributed by atoms with Crippen molar-refractivity contribution < 1.29 is 18.4 Å². The Kier molecular flexibility index (Phi) is 3.00. The van der Waals surface area contributed by atoms with Crippen LogP contribution in [0, 0.1) is 5.92 Å². The number of rotatable bonds is 3. The molecule has 3 fully saturated rings. The molecule has 3 atom stereocenters. The molecule has 7 heteroatoms. The van der Waals surface area contributed by atoms with Gasteiger partial charge in [-0.1, -0.05) is 30.3 Å². The lowest BCUT2D eigenvalue weighted by molar-refractivity contribution is -0.123. The van der Waals surface area contributed by atoms with Crippen LogP contribution in [0.15, 0.2) is 30.3 Å². The minimum atomic E-state index is -2.71. The topological polar surface area (TPSA) is 61.4 Å². The highest BCUT2D eigenvalue weighted by Crippen LogP contribution is 2.61. The predicted molar refractivity (Wildman–Crippen MR) is 78.1 cm³/mol. The van der Waals surface area contributed by atoms with Crippen molar-refractivity contribution in [2.24, 2.45) is 5.92 Å². The first-order valence-electron chi connectivity index (χ1n) is 7.71. The Morgan fingerprint density at radius 3 is 2.61 bits per heavy atom. The summed E-state index contributed by atoms with van der Waals surface area (Å²) in [5.74, 6) is -4.56. The van der Waals surface area contributed by atoms with Gasteiger partial charge in [0.15, 0.2) is 0 Å². The number of carbonyl (C=O) groups is 2. The van der Waals surface area contributed by atoms with Crippen LogP contribution in [0.1, 0.15) is 17.9 Å². The molecule has 3 amide bonds. The number of likely N-dealkylation sites (tertiary alicyclic amines) is 1. The fourth-order valence-electron chi connectivity index (χ4n) is 3.87. The first-order chi connectivity index (χ1) is 10.9. The molecule has 1 aromatic rings. The number of amides is 3. The second-order valence-electron chi connectivity index (χ2n) is 6.64. The molecule has 2 aliphatic heterocycles. The second-order valence-corrected chi connectivity index (χ2v) is 6.64. The standard InChI is InChI=1S/C16H17F2N3O2/c17-16(18)11(12(16)10-4-2-1-3-5-10)8-21-7-6-15(9-21)13(22)19-14(23)20-15/h1-5,11-12H,6-9H2,(H2,19,20,22,23)/t11-,12-,15?/m0/s1. The maximum absolute atomic E-state index is 14.1. The molecule has 0 bridgehead atoms. The monoisotopic (exact) mass is 321 g/mol. The number of nitrogens with one attached hydrogen (secondary N) is 2. The van der Waals surface area contributed by atoms with E-state index in [0.717, 1.165) is 0 Å². The average molecular weight is 321 g/mol. The average Bonchev–Trinajstić information content (AvgIpc) is 2.80. The van der Waals surface area contributed by atoms with Gasteiger partial charge >= 0.3 is 6.03 Å². The molecule has 5 nitrogen and oxygen atoms in total. The minimum Gasteiger partial charge on any atom is -0.322 e. The Labute approximate surface area is 132 Å². The maximum atomic E-state index is 14.1. The van der Waals surface area contributed by atoms with E-state index in [0.29, 0.717) is 25.1 Å². The van der Waals surface area contributed by atoms with Gasteiger partial charge in [-0.25, -0.2) is 13.6 Å². The summed E-state index contributed by atoms with van der Waals surface area (Å²) in [6.45, 7) is 1.05. The van der Waals surface area contributed by atoms with Crippen LogP contribution in [0.25, 0.3) is 0 Å². The van der Waals surface area contributed by atoms with Crippen LogP contribution in [-0.2, 0) is 4.79 Å². The Bertz CT molecular complexity index is 667. The van der Waals surface area contributed by atoms with Crippen LogP contribution < -0.4 is 10.6 Å². The maximum Gasteiger partial charge on any atom is 0.322 e. The zero-order chi connectivity index (χ0) is 16.2. The molecule has 3 aliphatic rings. The van der Waals surface area contributed by atoms with Crippen LogP contribution in [0.4, 0.5) is 13.6 Å². The van der Waals surface area contributed by atoms with Crippen LogP contribution >= 0.6 is 0 Å². The highest BCUT2D eigenvalue weighted by molar-refractivity contribution is 6.07. The lowest BCUT2D eigenvalue weighted by atomic mass is 9.99. The Balaban J connectivity index is 1.44. The molecule has 0 radical (unpaired) electrons. The van der Waals surface area contributed by atoms with Crippen molar-refractivity contribution in [1.82, 2.24) is 15.5 Å². The number of halogens is 2. The molecule has 0 aromatic heterocycles. The summed E-state index contributed by atoms with van der Waals surface area (Å²) in [4.78, 5) is 25.1. The zero-order valence-corrected chi connectivity index (χ0v) is 12.4. The van der Waals surface area contributed by atoms with Crippen LogP contribution in [0.3, 0.4) is 0 Å². The summed E-state index contributed by atoms with van der Waals surface area (Å²) < 4.78 is 28.3. The highest BCUT2D eigenvalue weighted by atomic mass is 19.3. The summed E-state index contributed by atoms with van der Waals surface area (Å²) in [6.07, 6.45) is 0.457. The molecule has 2 saturated heterocycles. The van der Waals surface area contributed by atoms with Gasteiger partial charge in [0.1, 0.15) is 5.54 Å². The largest absolute Gasteiger partial charge is 0.322 e. The van der Waals surface area contributed by atoms with Gasteiger partial charge in [0.25, 0.3) is 11.8 Å². The summed E-state index contributed by atoms with van der Waals surface area (Å²) in [7, 11) is 0. The fourth-order valence-corrected chi connectivity index (χ4v) is 3.87. The SMILES string of the molecule is O=C1NC(=O)C2(CCN(C[C@H]3[C@H](c4ccccc4)C3(F)F)C2)N1. The van der Waals surface area contributed by atoms with E-state index in [1.54, 1.807) is 24.3 Å². The number of urea groups is 1. The number of imide groups is 1. The fraction of sp³-hybridized carbons (Fsp3) is 0.500. The van der Waals surface area contributed by atoms with Gasteiger partial charge in [0.05, 0.1) is 5.92 Å². The molecule has 1 aliphatic carbocycles. The van der Waals surface area contributed by atoms with Gasteiger partial charge in [0, 0.05) is 25.6 Å². The van der Waals surface area contributed by atoms with E-state index in [2.05, 4.69) is 10.6 Å². The van der Waals surface area contributed by atoms with Gasteiger partial charge in [-0.3, -0.25) is 15.0 Å². The van der Waals surface area contributed by atoms with E-state index in [1.807, 2.05) is 11.0 Å². The van der Waals surface area contributed by atoms with Crippen molar-refractivity contribution in [3.05, 3.63) is 35.9 Å². The van der Waals surface area contributed by atoms with Crippen LogP contribution in [0.5, 0.6) is 0 Å². The smallest absolute Gasteiger partial charge is 0.322 e. The van der Waals surface area contributed by atoms with Gasteiger partial charge in [-0.15, -0.1) is 0 Å². The van der Waals surface area contributed by atoms with E-state index in [4.69, 9.17) is 0 Å². The molecular weight excluding hydrogens is 304 g/mol. The molecule has 1 aromatic carbocycles. The number of benzene rings is 1. The number of nitrogens with zero attached hydrogens (tertiary/aromatic N) is 1. The lowest BCUT2D eigenvalue weighted by Gasteiger charge is -2.21. The van der Waals surface area contributed by atoms with Gasteiger partial charge in [-0.05, 0) is 12.0 Å². The van der Waals surface area contributed by atoms with Crippen LogP contribution in [0.2, 0.25) is 0 Å². The number of hydrogen-bond acceptors (Lipinski definition) is 3. The quantitative estimate of drug-likeness (QED) is 0.826. The van der Waals surface area contributed by atoms with Crippen molar-refractivity contribution in [3.63, 3.8) is 0 Å². The van der Waals surface area contributed by atoms with Gasteiger partial charge in [0.2, 0.25) is 0 Å². The van der Waals surface area contributed by atoms with Gasteiger partial charge < -0.3 is 5.32 Å². The highest BCUT2D eigenvalue weighted by Gasteiger charge is 2.69. The van der Waals surface area contributed by atoms with E-state index in [-0.39, 0.29) is 12.5 Å². The lowest BCUT2D eigenvalue weighted by Crippen LogP contribution is -2.49. The van der Waals surface area contributed by atoms with Crippen molar-refractivity contribution in [3.8, 4) is 0 Å². The molecule has 4 rings (SSSR count). The molecule has 122 valence electrons. The van der Waals surface area contributed by atoms with E-state index in [1.165, 1.54) is 0 Å². The molecule has 1 unspecified atom stereocenters. The second kappa shape index (κ2) is 4.74. The molecule has 23 heavy (non-hydrogen) atoms. The van der Waals surface area contributed by atoms with E-state index >= 15 is 0 Å². The minimum absolute atomic E-state index is 0.234. The molecule has 1 spiro atoms. The number of carbonyl (C=O) groups excluding carboxylic acids is 2. The molecule has 2 N–H and O–H groups in total. The normalized spacial score (nSPS) is 35.4. The zero-order valence-electron chi connectivity index (χ0n) is 12.4. The first kappa shape index (κ1) is 14.6. The third-order valence-electron chi connectivity index (χ3n) is 5.18. The van der Waals surface area contributed by atoms with Gasteiger partial charge in [-0.2, -0.15) is 0 Å². The molecule has 2 heterocycles. The third-order valence-corrected chi connectivity index (χ3v) is 5.18. The van der Waals surface area contributed by atoms with E-state index in [9.17, 15) is 18.4 Å². The first-order valence-corrected chi connectivity index (χ1v) is 7.71. The van der Waals surface area contributed by atoms with Crippen molar-refractivity contribution in [2.75, 3.05) is 19.6 Å². The summed E-state index contributed by atoms with van der Waals surface area (Å²) in [6, 6.07) is 8.30. The van der Waals surface area contributed by atoms with Crippen molar-refractivity contribution in [2.45, 2.75) is 23.8 Å². The molecule has 1 saturated carbocycles. The summed E-state index contributed by atoms with van der Waals surface area (Å²) in [5, 5.41) is 4.86.